The number of hydrogen-bond acceptors (Lipinski definition) is 2. The van der Waals surface area contributed by atoms with Gasteiger partial charge in [0.15, 0.2) is 0 Å². The van der Waals surface area contributed by atoms with E-state index in [1.807, 2.05) is 6.92 Å². The van der Waals surface area contributed by atoms with Crippen LogP contribution in [0.1, 0.15) is 22.3 Å². The highest BCUT2D eigenvalue weighted by molar-refractivity contribution is 9.09. The van der Waals surface area contributed by atoms with Gasteiger partial charge in [-0.1, -0.05) is 27.5 Å². The first-order valence-electron chi connectivity index (χ1n) is 5.72. The lowest BCUT2D eigenvalue weighted by molar-refractivity contribution is 0.0951. The van der Waals surface area contributed by atoms with Crippen LogP contribution in [0.4, 0.5) is 0 Å². The van der Waals surface area contributed by atoms with Crippen LogP contribution in [0.3, 0.4) is 0 Å². The van der Waals surface area contributed by atoms with Gasteiger partial charge in [0.2, 0.25) is 0 Å². The highest BCUT2D eigenvalue weighted by atomic mass is 79.9. The molecule has 0 aliphatic rings. The maximum Gasteiger partial charge on any atom is 0.251 e. The SMILES string of the molecule is COCC(Br)CCNC(=O)c1ccc(Cl)cc1C. The topological polar surface area (TPSA) is 38.3 Å². The number of nitrogens with one attached hydrogen (secondary N) is 1. The minimum atomic E-state index is -0.0683. The molecule has 0 saturated heterocycles. The number of carbonyl (C=O) groups is 1. The number of hydrogen-bond donors (Lipinski definition) is 1. The Hall–Kier alpha value is -0.580. The third-order valence-corrected chi connectivity index (χ3v) is 3.48. The Bertz CT molecular complexity index is 412. The number of halogens is 2. The third-order valence-electron chi connectivity index (χ3n) is 2.52. The summed E-state index contributed by atoms with van der Waals surface area (Å²) >= 11 is 9.33. The summed E-state index contributed by atoms with van der Waals surface area (Å²) in [6, 6.07) is 5.25. The molecule has 0 saturated carbocycles. The lowest BCUT2D eigenvalue weighted by atomic mass is 10.1. The second-order valence-corrected chi connectivity index (χ2v) is 5.79. The van der Waals surface area contributed by atoms with Gasteiger partial charge in [0, 0.05) is 29.1 Å². The van der Waals surface area contributed by atoms with E-state index in [9.17, 15) is 4.79 Å². The van der Waals surface area contributed by atoms with E-state index in [0.29, 0.717) is 23.7 Å². The molecule has 1 unspecified atom stereocenters. The van der Waals surface area contributed by atoms with Crippen molar-refractivity contribution in [3.63, 3.8) is 0 Å². The molecule has 1 aromatic carbocycles. The Labute approximate surface area is 121 Å². The van der Waals surface area contributed by atoms with Gasteiger partial charge in [-0.05, 0) is 37.1 Å². The van der Waals surface area contributed by atoms with E-state index in [4.69, 9.17) is 16.3 Å². The van der Waals surface area contributed by atoms with Gasteiger partial charge in [-0.3, -0.25) is 4.79 Å². The van der Waals surface area contributed by atoms with Crippen LogP contribution >= 0.6 is 27.5 Å². The van der Waals surface area contributed by atoms with Crippen molar-refractivity contribution in [2.45, 2.75) is 18.2 Å². The molecule has 1 rings (SSSR count). The minimum Gasteiger partial charge on any atom is -0.384 e. The van der Waals surface area contributed by atoms with Crippen molar-refractivity contribution in [1.29, 1.82) is 0 Å². The van der Waals surface area contributed by atoms with Crippen molar-refractivity contribution < 1.29 is 9.53 Å². The summed E-state index contributed by atoms with van der Waals surface area (Å²) in [7, 11) is 1.66. The number of benzene rings is 1. The quantitative estimate of drug-likeness (QED) is 0.812. The number of rotatable bonds is 6. The Kier molecular flexibility index (Phi) is 6.68. The lowest BCUT2D eigenvalue weighted by Gasteiger charge is -2.10. The van der Waals surface area contributed by atoms with Gasteiger partial charge >= 0.3 is 0 Å². The molecule has 3 nitrogen and oxygen atoms in total. The highest BCUT2D eigenvalue weighted by Gasteiger charge is 2.09. The fourth-order valence-electron chi connectivity index (χ4n) is 1.58. The lowest BCUT2D eigenvalue weighted by Crippen LogP contribution is -2.27. The van der Waals surface area contributed by atoms with Gasteiger partial charge in [0.1, 0.15) is 0 Å². The van der Waals surface area contributed by atoms with Gasteiger partial charge in [0.05, 0.1) is 6.61 Å². The third kappa shape index (κ3) is 4.96. The summed E-state index contributed by atoms with van der Waals surface area (Å²) in [4.78, 5) is 12.2. The van der Waals surface area contributed by atoms with Crippen molar-refractivity contribution in [1.82, 2.24) is 5.32 Å². The molecule has 1 aromatic rings. The Morgan fingerprint density at radius 2 is 2.28 bits per heavy atom. The molecule has 0 aliphatic carbocycles. The molecular weight excluding hydrogens is 318 g/mol. The van der Waals surface area contributed by atoms with Crippen molar-refractivity contribution >= 4 is 33.4 Å². The van der Waals surface area contributed by atoms with Crippen molar-refractivity contribution in [3.8, 4) is 0 Å². The number of methoxy groups -OCH3 is 1. The largest absolute Gasteiger partial charge is 0.384 e. The second-order valence-electron chi connectivity index (χ2n) is 4.06. The van der Waals surface area contributed by atoms with Gasteiger partial charge in [-0.2, -0.15) is 0 Å². The van der Waals surface area contributed by atoms with E-state index in [2.05, 4.69) is 21.2 Å². The normalized spacial score (nSPS) is 12.2. The summed E-state index contributed by atoms with van der Waals surface area (Å²) in [5, 5.41) is 3.52. The molecule has 18 heavy (non-hydrogen) atoms. The first-order chi connectivity index (χ1) is 8.54. The smallest absolute Gasteiger partial charge is 0.251 e. The van der Waals surface area contributed by atoms with Gasteiger partial charge in [-0.15, -0.1) is 0 Å². The molecule has 1 amide bonds. The molecule has 5 heteroatoms. The van der Waals surface area contributed by atoms with E-state index in [1.165, 1.54) is 0 Å². The molecule has 0 radical (unpaired) electrons. The van der Waals surface area contributed by atoms with Crippen LogP contribution < -0.4 is 5.32 Å². The van der Waals surface area contributed by atoms with Crippen LogP contribution in [0.15, 0.2) is 18.2 Å². The maximum atomic E-state index is 11.9. The summed E-state index contributed by atoms with van der Waals surface area (Å²) in [6.45, 7) is 3.12. The zero-order valence-corrected chi connectivity index (χ0v) is 12.8. The van der Waals surface area contributed by atoms with Crippen LogP contribution in [0, 0.1) is 6.92 Å². The van der Waals surface area contributed by atoms with E-state index >= 15 is 0 Å². The van der Waals surface area contributed by atoms with Crippen molar-refractivity contribution in [3.05, 3.63) is 34.3 Å². The number of carbonyl (C=O) groups excluding carboxylic acids is 1. The summed E-state index contributed by atoms with van der Waals surface area (Å²) < 4.78 is 5.00. The molecule has 0 fully saturated rings. The molecular formula is C13H17BrClNO2. The van der Waals surface area contributed by atoms with Crippen LogP contribution in [-0.2, 0) is 4.74 Å². The standard InChI is InChI=1S/C13H17BrClNO2/c1-9-7-11(15)3-4-12(9)13(17)16-6-5-10(14)8-18-2/h3-4,7,10H,5-6,8H2,1-2H3,(H,16,17). The molecule has 0 aromatic heterocycles. The molecule has 0 aliphatic heterocycles. The fraction of sp³-hybridized carbons (Fsp3) is 0.462. The predicted molar refractivity (Wildman–Crippen MR) is 77.7 cm³/mol. The van der Waals surface area contributed by atoms with Crippen molar-refractivity contribution in [2.75, 3.05) is 20.3 Å². The summed E-state index contributed by atoms with van der Waals surface area (Å²) in [6.07, 6.45) is 0.826. The molecule has 0 heterocycles. The average molecular weight is 335 g/mol. The second kappa shape index (κ2) is 7.77. The van der Waals surface area contributed by atoms with E-state index in [-0.39, 0.29) is 10.7 Å². The number of alkyl halides is 1. The van der Waals surface area contributed by atoms with Crippen LogP contribution in [0.2, 0.25) is 5.02 Å². The number of amides is 1. The molecule has 0 spiro atoms. The highest BCUT2D eigenvalue weighted by Crippen LogP contribution is 2.15. The minimum absolute atomic E-state index is 0.0683. The van der Waals surface area contributed by atoms with Crippen LogP contribution in [0.5, 0.6) is 0 Å². The van der Waals surface area contributed by atoms with E-state index < -0.39 is 0 Å². The van der Waals surface area contributed by atoms with Crippen LogP contribution in [-0.4, -0.2) is 31.0 Å². The Balaban J connectivity index is 2.45. The number of ether oxygens (including phenoxy) is 1. The Morgan fingerprint density at radius 3 is 2.89 bits per heavy atom. The molecule has 1 N–H and O–H groups in total. The van der Waals surface area contributed by atoms with Gasteiger partial charge in [-0.25, -0.2) is 0 Å². The average Bonchev–Trinajstić information content (AvgIpc) is 2.29. The Morgan fingerprint density at radius 1 is 1.56 bits per heavy atom. The number of aryl methyl sites for hydroxylation is 1. The maximum absolute atomic E-state index is 11.9. The van der Waals surface area contributed by atoms with Crippen molar-refractivity contribution in [2.24, 2.45) is 0 Å². The first-order valence-corrected chi connectivity index (χ1v) is 7.01. The monoisotopic (exact) mass is 333 g/mol. The first kappa shape index (κ1) is 15.5. The van der Waals surface area contributed by atoms with E-state index in [0.717, 1.165) is 12.0 Å². The van der Waals surface area contributed by atoms with Gasteiger partial charge in [0.25, 0.3) is 5.91 Å². The van der Waals surface area contributed by atoms with Crippen LogP contribution in [0.25, 0.3) is 0 Å². The summed E-state index contributed by atoms with van der Waals surface area (Å²) in [5.74, 6) is -0.0683. The fourth-order valence-corrected chi connectivity index (χ4v) is 2.30. The molecule has 1 atom stereocenters. The predicted octanol–water partition coefficient (Wildman–Crippen LogP) is 3.18. The zero-order chi connectivity index (χ0) is 13.5. The van der Waals surface area contributed by atoms with Gasteiger partial charge < -0.3 is 10.1 Å². The zero-order valence-electron chi connectivity index (χ0n) is 10.5. The molecule has 0 bridgehead atoms. The summed E-state index contributed by atoms with van der Waals surface area (Å²) in [5.41, 5.74) is 1.55. The molecule has 100 valence electrons. The van der Waals surface area contributed by atoms with E-state index in [1.54, 1.807) is 25.3 Å².